The number of carbonyl (C=O) groups excluding carboxylic acids is 6. The monoisotopic (exact) mass is 555 g/mol. The van der Waals surface area contributed by atoms with Crippen LogP contribution < -0.4 is 38.1 Å². The highest BCUT2D eigenvalue weighted by Crippen LogP contribution is 1.96. The third kappa shape index (κ3) is 11.0. The molecule has 0 fully saturated rings. The van der Waals surface area contributed by atoms with E-state index in [1.807, 2.05) is 0 Å². The lowest BCUT2D eigenvalue weighted by Gasteiger charge is -2.24. The molecule has 0 aromatic rings. The number of primary amides is 1. The van der Waals surface area contributed by atoms with Gasteiger partial charge in [-0.3, -0.25) is 28.8 Å². The van der Waals surface area contributed by atoms with E-state index in [1.54, 1.807) is 0 Å². The van der Waals surface area contributed by atoms with Crippen molar-refractivity contribution in [2.24, 2.45) is 11.5 Å². The van der Waals surface area contributed by atoms with E-state index in [9.17, 15) is 39.0 Å². The number of amides is 6. The zero-order valence-electron chi connectivity index (χ0n) is 19.3. The number of aliphatic hydroxyl groups is 3. The van der Waals surface area contributed by atoms with Crippen LogP contribution in [0.5, 0.6) is 0 Å². The van der Waals surface area contributed by atoms with Gasteiger partial charge in [-0.15, -0.1) is 0 Å². The van der Waals surface area contributed by atoms with E-state index in [2.05, 4.69) is 51.8 Å². The second-order valence-electron chi connectivity index (χ2n) is 7.40. The molecule has 0 aliphatic heterocycles. The molecule has 0 aliphatic rings. The molecule has 0 rings (SSSR count). The predicted molar refractivity (Wildman–Crippen MR) is 131 cm³/mol. The molecule has 18 heteroatoms. The number of carbonyl (C=O) groups is 6. The molecule has 0 heterocycles. The lowest BCUT2D eigenvalue weighted by atomic mass is 10.2. The maximum Gasteiger partial charge on any atom is 0.245 e. The number of thiol groups is 2. The highest BCUT2D eigenvalue weighted by atomic mass is 32.1. The molecule has 36 heavy (non-hydrogen) atoms. The molecule has 206 valence electrons. The van der Waals surface area contributed by atoms with Gasteiger partial charge >= 0.3 is 0 Å². The Kier molecular flexibility index (Phi) is 15.7. The highest BCUT2D eigenvalue weighted by Gasteiger charge is 2.30. The van der Waals surface area contributed by atoms with Crippen LogP contribution in [0, 0.1) is 0 Å². The fourth-order valence-electron chi connectivity index (χ4n) is 2.37. The fourth-order valence-corrected chi connectivity index (χ4v) is 2.79. The number of nitrogens with one attached hydrogen (secondary N) is 5. The number of hydrogen-bond donors (Lipinski definition) is 12. The van der Waals surface area contributed by atoms with Crippen LogP contribution in [0.1, 0.15) is 6.92 Å². The lowest BCUT2D eigenvalue weighted by Crippen LogP contribution is -2.60. The van der Waals surface area contributed by atoms with Gasteiger partial charge < -0.3 is 53.4 Å². The van der Waals surface area contributed by atoms with Crippen molar-refractivity contribution in [3.05, 3.63) is 0 Å². The van der Waals surface area contributed by atoms with Gasteiger partial charge in [0.1, 0.15) is 30.2 Å². The predicted octanol–water partition coefficient (Wildman–Crippen LogP) is -6.92. The minimum Gasteiger partial charge on any atom is -0.394 e. The van der Waals surface area contributed by atoms with E-state index in [0.29, 0.717) is 0 Å². The van der Waals surface area contributed by atoms with Crippen molar-refractivity contribution < 1.29 is 44.1 Å². The largest absolute Gasteiger partial charge is 0.394 e. The Morgan fingerprint density at radius 2 is 1.03 bits per heavy atom. The van der Waals surface area contributed by atoms with Gasteiger partial charge in [0, 0.05) is 11.5 Å². The lowest BCUT2D eigenvalue weighted by molar-refractivity contribution is -0.135. The molecule has 0 saturated carbocycles. The summed E-state index contributed by atoms with van der Waals surface area (Å²) in [6.45, 7) is -1.26. The first kappa shape index (κ1) is 33.4. The first-order valence-corrected chi connectivity index (χ1v) is 11.7. The Morgan fingerprint density at radius 1 is 0.639 bits per heavy atom. The summed E-state index contributed by atoms with van der Waals surface area (Å²) in [4.78, 5) is 72.3. The molecular formula is C18H33N7O9S2. The Labute approximate surface area is 217 Å². The molecule has 12 N–H and O–H groups in total. The Hall–Kier alpha value is -2.64. The summed E-state index contributed by atoms with van der Waals surface area (Å²) >= 11 is 7.79. The van der Waals surface area contributed by atoms with E-state index in [4.69, 9.17) is 16.6 Å². The molecule has 0 radical (unpaired) electrons. The van der Waals surface area contributed by atoms with Gasteiger partial charge in [-0.05, 0) is 6.92 Å². The zero-order chi connectivity index (χ0) is 28.0. The molecule has 6 amide bonds. The molecule has 0 bridgehead atoms. The maximum absolute atomic E-state index is 12.4. The average Bonchev–Trinajstić information content (AvgIpc) is 2.85. The van der Waals surface area contributed by atoms with Crippen LogP contribution >= 0.6 is 25.3 Å². The van der Waals surface area contributed by atoms with Gasteiger partial charge in [0.15, 0.2) is 0 Å². The minimum absolute atomic E-state index is 0.0316. The second kappa shape index (κ2) is 16.9. The highest BCUT2D eigenvalue weighted by molar-refractivity contribution is 7.80. The molecule has 0 aliphatic carbocycles. The van der Waals surface area contributed by atoms with E-state index < -0.39 is 91.5 Å². The van der Waals surface area contributed by atoms with Crippen LogP contribution in [-0.4, -0.2) is 118 Å². The summed E-state index contributed by atoms with van der Waals surface area (Å²) < 4.78 is 0. The van der Waals surface area contributed by atoms with Crippen molar-refractivity contribution in [3.8, 4) is 0 Å². The van der Waals surface area contributed by atoms with Gasteiger partial charge in [0.05, 0.1) is 25.9 Å². The molecular weight excluding hydrogens is 522 g/mol. The van der Waals surface area contributed by atoms with E-state index >= 15 is 0 Å². The smallest absolute Gasteiger partial charge is 0.245 e. The minimum atomic E-state index is -1.57. The van der Waals surface area contributed by atoms with Gasteiger partial charge in [0.25, 0.3) is 0 Å². The summed E-state index contributed by atoms with van der Waals surface area (Å²) in [6.07, 6.45) is 0. The summed E-state index contributed by atoms with van der Waals surface area (Å²) in [5.74, 6) is -5.76. The van der Waals surface area contributed by atoms with Crippen molar-refractivity contribution in [1.29, 1.82) is 0 Å². The van der Waals surface area contributed by atoms with Crippen LogP contribution in [0.2, 0.25) is 0 Å². The first-order chi connectivity index (χ1) is 16.9. The summed E-state index contributed by atoms with van der Waals surface area (Å²) in [7, 11) is 0. The maximum atomic E-state index is 12.4. The van der Waals surface area contributed by atoms with Crippen LogP contribution in [0.4, 0.5) is 0 Å². The molecule has 0 aromatic carbocycles. The van der Waals surface area contributed by atoms with Crippen molar-refractivity contribution in [3.63, 3.8) is 0 Å². The second-order valence-corrected chi connectivity index (χ2v) is 8.13. The molecule has 0 saturated heterocycles. The topological polar surface area (TPSA) is 275 Å². The van der Waals surface area contributed by atoms with Crippen LogP contribution in [0.3, 0.4) is 0 Å². The van der Waals surface area contributed by atoms with E-state index in [0.717, 1.165) is 0 Å². The molecule has 0 spiro atoms. The molecule has 6 atom stereocenters. The zero-order valence-corrected chi connectivity index (χ0v) is 21.1. The first-order valence-electron chi connectivity index (χ1n) is 10.5. The van der Waals surface area contributed by atoms with Crippen LogP contribution in [-0.2, 0) is 28.8 Å². The van der Waals surface area contributed by atoms with Crippen molar-refractivity contribution >= 4 is 60.7 Å². The molecule has 16 nitrogen and oxygen atoms in total. The van der Waals surface area contributed by atoms with Crippen molar-refractivity contribution in [1.82, 2.24) is 26.6 Å². The average molecular weight is 556 g/mol. The normalized spacial score (nSPS) is 15.8. The van der Waals surface area contributed by atoms with E-state index in [-0.39, 0.29) is 11.5 Å². The summed E-state index contributed by atoms with van der Waals surface area (Å²) in [6, 6.07) is -8.03. The number of nitrogens with two attached hydrogens (primary N) is 2. The van der Waals surface area contributed by atoms with Gasteiger partial charge in [-0.25, -0.2) is 0 Å². The molecule has 0 unspecified atom stereocenters. The van der Waals surface area contributed by atoms with Crippen LogP contribution in [0.25, 0.3) is 0 Å². The van der Waals surface area contributed by atoms with Crippen molar-refractivity contribution in [2.45, 2.75) is 43.2 Å². The Morgan fingerprint density at radius 3 is 1.44 bits per heavy atom. The third-order valence-corrected chi connectivity index (χ3v) is 5.33. The summed E-state index contributed by atoms with van der Waals surface area (Å²) in [5, 5.41) is 38.9. The number of rotatable bonds is 16. The van der Waals surface area contributed by atoms with Gasteiger partial charge in [0.2, 0.25) is 35.4 Å². The Balaban J connectivity index is 5.07. The quantitative estimate of drug-likeness (QED) is 0.0799. The standard InChI is InChI=1S/C18H33N7O9S2/c1-7(14(30)25-12(6-36)18(34)22-9(2-26)13(20)29)21-16(32)10(3-27)24-17(33)11(4-28)23-15(31)8(19)5-35/h7-12,26-28,35-36H,2-6,19H2,1H3,(H2,20,29)(H,21,32)(H,22,34)(H,23,31)(H,24,33)(H,25,30)/t7-,8-,9-,10-,11-,12-/m0/s1. The number of hydrogen-bond acceptors (Lipinski definition) is 12. The summed E-state index contributed by atoms with van der Waals surface area (Å²) in [5.41, 5.74) is 10.5. The van der Waals surface area contributed by atoms with Crippen molar-refractivity contribution in [2.75, 3.05) is 31.3 Å². The van der Waals surface area contributed by atoms with Gasteiger partial charge in [-0.1, -0.05) is 0 Å². The third-order valence-electron chi connectivity index (χ3n) is 4.57. The Bertz CT molecular complexity index is 805. The SMILES string of the molecule is C[C@H](NC(=O)[C@H](CO)NC(=O)[C@H](CO)NC(=O)[C@@H](N)CS)C(=O)N[C@@H](CS)C(=O)N[C@@H](CO)C(N)=O. The molecule has 0 aromatic heterocycles. The van der Waals surface area contributed by atoms with Gasteiger partial charge in [-0.2, -0.15) is 25.3 Å². The number of aliphatic hydroxyl groups excluding tert-OH is 3. The van der Waals surface area contributed by atoms with Crippen LogP contribution in [0.15, 0.2) is 0 Å². The van der Waals surface area contributed by atoms with E-state index in [1.165, 1.54) is 6.92 Å². The fraction of sp³-hybridized carbons (Fsp3) is 0.667.